The number of carboxylic acids is 1. The minimum absolute atomic E-state index is 0.304. The van der Waals surface area contributed by atoms with E-state index >= 15 is 0 Å². The van der Waals surface area contributed by atoms with Crippen LogP contribution in [0.25, 0.3) is 0 Å². The largest absolute Gasteiger partial charge is 0.481 e. The molecule has 2 heteroatoms. The molecule has 0 aromatic heterocycles. The maximum atomic E-state index is 10.5. The Morgan fingerprint density at radius 2 is 2.19 bits per heavy atom. The quantitative estimate of drug-likeness (QED) is 0.841. The van der Waals surface area contributed by atoms with E-state index in [1.165, 1.54) is 30.4 Å². The predicted octanol–water partition coefficient (Wildman–Crippen LogP) is 3.36. The Kier molecular flexibility index (Phi) is 3.60. The van der Waals surface area contributed by atoms with Gasteiger partial charge in [0.2, 0.25) is 0 Å². The minimum Gasteiger partial charge on any atom is -0.481 e. The van der Waals surface area contributed by atoms with Gasteiger partial charge in [-0.15, -0.1) is 0 Å². The number of aryl methyl sites for hydroxylation is 1. The molecule has 0 saturated carbocycles. The molecule has 1 atom stereocenters. The molecule has 0 fully saturated rings. The summed E-state index contributed by atoms with van der Waals surface area (Å²) >= 11 is 0. The van der Waals surface area contributed by atoms with Gasteiger partial charge in [0.05, 0.1) is 0 Å². The Morgan fingerprint density at radius 3 is 3.00 bits per heavy atom. The fraction of sp³-hybridized carbons (Fsp3) is 0.500. The van der Waals surface area contributed by atoms with Gasteiger partial charge in [0.15, 0.2) is 0 Å². The van der Waals surface area contributed by atoms with Crippen molar-refractivity contribution < 1.29 is 9.90 Å². The van der Waals surface area contributed by atoms with Crippen molar-refractivity contribution in [1.82, 2.24) is 0 Å². The van der Waals surface area contributed by atoms with Crippen LogP contribution in [0.1, 0.15) is 49.1 Å². The average molecular weight is 218 g/mol. The first-order valence-electron chi connectivity index (χ1n) is 6.07. The highest BCUT2D eigenvalue weighted by molar-refractivity contribution is 5.66. The molecule has 2 rings (SSSR count). The summed E-state index contributed by atoms with van der Waals surface area (Å²) in [5, 5.41) is 8.64. The third-order valence-electron chi connectivity index (χ3n) is 3.44. The summed E-state index contributed by atoms with van der Waals surface area (Å²) in [4.78, 5) is 10.5. The summed E-state index contributed by atoms with van der Waals surface area (Å²) in [6, 6.07) is 8.60. The molecule has 2 nitrogen and oxygen atoms in total. The van der Waals surface area contributed by atoms with Crippen LogP contribution in [0.3, 0.4) is 0 Å². The van der Waals surface area contributed by atoms with Gasteiger partial charge in [-0.2, -0.15) is 0 Å². The number of rotatable bonds is 4. The molecule has 1 aliphatic rings. The second-order valence-electron chi connectivity index (χ2n) is 4.57. The molecular formula is C14H18O2. The molecule has 0 bridgehead atoms. The molecule has 1 aromatic rings. The van der Waals surface area contributed by atoms with Crippen LogP contribution in [0.4, 0.5) is 0 Å². The van der Waals surface area contributed by atoms with Gasteiger partial charge in [-0.3, -0.25) is 4.79 Å². The lowest BCUT2D eigenvalue weighted by molar-refractivity contribution is -0.137. The van der Waals surface area contributed by atoms with Crippen LogP contribution < -0.4 is 0 Å². The van der Waals surface area contributed by atoms with E-state index < -0.39 is 5.97 Å². The van der Waals surface area contributed by atoms with Crippen molar-refractivity contribution in [3.05, 3.63) is 35.4 Å². The van der Waals surface area contributed by atoms with E-state index in [1.807, 2.05) is 0 Å². The van der Waals surface area contributed by atoms with Gasteiger partial charge in [0.1, 0.15) is 0 Å². The summed E-state index contributed by atoms with van der Waals surface area (Å²) < 4.78 is 0. The van der Waals surface area contributed by atoms with Crippen molar-refractivity contribution >= 4 is 5.97 Å². The number of aliphatic carboxylic acids is 1. The van der Waals surface area contributed by atoms with Crippen LogP contribution in [0.15, 0.2) is 24.3 Å². The van der Waals surface area contributed by atoms with Crippen molar-refractivity contribution in [2.24, 2.45) is 0 Å². The molecular weight excluding hydrogens is 200 g/mol. The lowest BCUT2D eigenvalue weighted by Crippen LogP contribution is -2.10. The highest BCUT2D eigenvalue weighted by Gasteiger charge is 2.19. The molecule has 1 aromatic carbocycles. The first-order valence-corrected chi connectivity index (χ1v) is 6.07. The summed E-state index contributed by atoms with van der Waals surface area (Å²) in [5.74, 6) is -0.0894. The van der Waals surface area contributed by atoms with Crippen molar-refractivity contribution in [3.63, 3.8) is 0 Å². The predicted molar refractivity (Wildman–Crippen MR) is 63.6 cm³/mol. The number of fused-ring (bicyclic) bond motifs is 1. The van der Waals surface area contributed by atoms with Crippen LogP contribution in [0.5, 0.6) is 0 Å². The highest BCUT2D eigenvalue weighted by atomic mass is 16.4. The third-order valence-corrected chi connectivity index (χ3v) is 3.44. The average Bonchev–Trinajstić information content (AvgIpc) is 2.29. The van der Waals surface area contributed by atoms with E-state index in [-0.39, 0.29) is 0 Å². The Morgan fingerprint density at radius 1 is 1.38 bits per heavy atom. The van der Waals surface area contributed by atoms with Gasteiger partial charge in [0.25, 0.3) is 0 Å². The molecule has 0 spiro atoms. The summed E-state index contributed by atoms with van der Waals surface area (Å²) in [6.45, 7) is 0. The molecule has 1 aliphatic carbocycles. The minimum atomic E-state index is -0.677. The van der Waals surface area contributed by atoms with Crippen molar-refractivity contribution in [1.29, 1.82) is 0 Å². The van der Waals surface area contributed by atoms with Crippen LogP contribution in [-0.2, 0) is 11.2 Å². The Hall–Kier alpha value is -1.31. The maximum Gasteiger partial charge on any atom is 0.303 e. The van der Waals surface area contributed by atoms with E-state index in [9.17, 15) is 4.79 Å². The lowest BCUT2D eigenvalue weighted by atomic mass is 9.80. The first kappa shape index (κ1) is 11.2. The Bertz CT molecular complexity index is 371. The zero-order chi connectivity index (χ0) is 11.4. The van der Waals surface area contributed by atoms with E-state index in [0.717, 1.165) is 12.8 Å². The summed E-state index contributed by atoms with van der Waals surface area (Å²) in [6.07, 6.45) is 5.77. The second kappa shape index (κ2) is 5.15. The second-order valence-corrected chi connectivity index (χ2v) is 4.57. The number of hydrogen-bond donors (Lipinski definition) is 1. The fourth-order valence-corrected chi connectivity index (χ4v) is 2.65. The zero-order valence-electron chi connectivity index (χ0n) is 9.48. The van der Waals surface area contributed by atoms with Gasteiger partial charge in [-0.05, 0) is 49.1 Å². The van der Waals surface area contributed by atoms with Crippen molar-refractivity contribution in [2.45, 2.75) is 44.4 Å². The molecule has 86 valence electrons. The third kappa shape index (κ3) is 2.63. The number of benzene rings is 1. The maximum absolute atomic E-state index is 10.5. The number of carboxylic acid groups (broad SMARTS) is 1. The molecule has 0 aliphatic heterocycles. The lowest BCUT2D eigenvalue weighted by Gasteiger charge is -2.25. The van der Waals surface area contributed by atoms with E-state index in [2.05, 4.69) is 24.3 Å². The van der Waals surface area contributed by atoms with Crippen LogP contribution >= 0.6 is 0 Å². The summed E-state index contributed by atoms with van der Waals surface area (Å²) in [7, 11) is 0. The van der Waals surface area contributed by atoms with Crippen LogP contribution in [0, 0.1) is 0 Å². The van der Waals surface area contributed by atoms with Crippen LogP contribution in [-0.4, -0.2) is 11.1 Å². The van der Waals surface area contributed by atoms with Crippen LogP contribution in [0.2, 0.25) is 0 Å². The standard InChI is InChI=1S/C14H18O2/c15-14(16)10-4-8-12-7-3-6-11-5-1-2-9-13(11)12/h1-2,5,9,12H,3-4,6-8,10H2,(H,15,16)/t12-/m0/s1. The van der Waals surface area contributed by atoms with Gasteiger partial charge < -0.3 is 5.11 Å². The summed E-state index contributed by atoms with van der Waals surface area (Å²) in [5.41, 5.74) is 2.92. The monoisotopic (exact) mass is 218 g/mol. The molecule has 0 saturated heterocycles. The van der Waals surface area contributed by atoms with E-state index in [4.69, 9.17) is 5.11 Å². The molecule has 0 unspecified atom stereocenters. The van der Waals surface area contributed by atoms with E-state index in [1.54, 1.807) is 0 Å². The number of hydrogen-bond acceptors (Lipinski definition) is 1. The molecule has 0 heterocycles. The van der Waals surface area contributed by atoms with Gasteiger partial charge in [-0.25, -0.2) is 0 Å². The number of carbonyl (C=O) groups is 1. The zero-order valence-corrected chi connectivity index (χ0v) is 9.48. The fourth-order valence-electron chi connectivity index (χ4n) is 2.65. The van der Waals surface area contributed by atoms with Crippen molar-refractivity contribution in [2.75, 3.05) is 0 Å². The molecule has 0 amide bonds. The highest BCUT2D eigenvalue weighted by Crippen LogP contribution is 2.34. The SMILES string of the molecule is O=C(O)CCC[C@@H]1CCCc2ccccc21. The molecule has 1 N–H and O–H groups in total. The topological polar surface area (TPSA) is 37.3 Å². The van der Waals surface area contributed by atoms with E-state index in [0.29, 0.717) is 12.3 Å². The van der Waals surface area contributed by atoms with Gasteiger partial charge in [-0.1, -0.05) is 24.3 Å². The normalized spacial score (nSPS) is 19.1. The smallest absolute Gasteiger partial charge is 0.303 e. The Labute approximate surface area is 96.3 Å². The van der Waals surface area contributed by atoms with Crippen molar-refractivity contribution in [3.8, 4) is 0 Å². The first-order chi connectivity index (χ1) is 7.77. The molecule has 16 heavy (non-hydrogen) atoms. The van der Waals surface area contributed by atoms with Gasteiger partial charge in [0, 0.05) is 6.42 Å². The van der Waals surface area contributed by atoms with Gasteiger partial charge >= 0.3 is 5.97 Å². The Balaban J connectivity index is 1.99. The molecule has 0 radical (unpaired) electrons.